The van der Waals surface area contributed by atoms with Gasteiger partial charge in [0.25, 0.3) is 0 Å². The molecule has 0 unspecified atom stereocenters. The molecule has 0 N–H and O–H groups in total. The van der Waals surface area contributed by atoms with E-state index < -0.39 is 0 Å². The molecule has 1 aromatic heterocycles. The van der Waals surface area contributed by atoms with Crippen molar-refractivity contribution in [1.29, 1.82) is 0 Å². The Morgan fingerprint density at radius 2 is 0.964 bits per heavy atom. The van der Waals surface area contributed by atoms with Gasteiger partial charge in [0.05, 0.1) is 35.2 Å². The molecule has 0 atom stereocenters. The van der Waals surface area contributed by atoms with Crippen molar-refractivity contribution in [2.45, 2.75) is 13.8 Å². The number of nitrogens with zero attached hydrogens (tertiary/aromatic N) is 3. The van der Waals surface area contributed by atoms with Crippen molar-refractivity contribution in [1.82, 2.24) is 4.98 Å². The maximum atomic E-state index is 4.54. The Hall–Kier alpha value is -1.62. The van der Waals surface area contributed by atoms with Crippen molar-refractivity contribution in [3.05, 3.63) is 89.2 Å². The second-order valence-electron chi connectivity index (χ2n) is 5.67. The molecule has 0 aliphatic rings. The molecule has 0 saturated heterocycles. The van der Waals surface area contributed by atoms with E-state index in [1.54, 1.807) is 12.4 Å². The van der Waals surface area contributed by atoms with Crippen LogP contribution in [0.25, 0.3) is 0 Å². The van der Waals surface area contributed by atoms with Gasteiger partial charge in [0.15, 0.2) is 0 Å². The predicted octanol–water partition coefficient (Wildman–Crippen LogP) is -3.79. The van der Waals surface area contributed by atoms with Gasteiger partial charge in [-0.25, -0.2) is 4.98 Å². The van der Waals surface area contributed by atoms with Gasteiger partial charge in [0.2, 0.25) is 0 Å². The fourth-order valence-electron chi connectivity index (χ4n) is 2.16. The minimum Gasteiger partial charge on any atom is -1.00 e. The van der Waals surface area contributed by atoms with Gasteiger partial charge >= 0.3 is 0 Å². The molecule has 0 amide bonds. The summed E-state index contributed by atoms with van der Waals surface area (Å²) in [6.45, 7) is 4.12. The van der Waals surface area contributed by atoms with Crippen LogP contribution in [0.4, 0.5) is 11.4 Å². The molecular weight excluding hydrogens is 452 g/mol. The van der Waals surface area contributed by atoms with Crippen LogP contribution < -0.4 is 37.2 Å². The van der Waals surface area contributed by atoms with E-state index in [-0.39, 0.29) is 55.8 Å². The average molecular weight is 471 g/mol. The van der Waals surface area contributed by atoms with Gasteiger partial charge in [-0.05, 0) is 50.2 Å². The molecule has 2 aromatic carbocycles. The number of aliphatic imine (C=N–C) groups is 2. The van der Waals surface area contributed by atoms with Crippen molar-refractivity contribution in [3.63, 3.8) is 0 Å². The van der Waals surface area contributed by atoms with Gasteiger partial charge in [-0.15, -0.1) is 0 Å². The standard InChI is InChI=1S/C21H19N3.3ClH.V/c1-16-6-10-18(11-7-16)22-14-20-4-3-5-21(24-20)15-23-19-12-8-17(2)9-13-19;;;;/h3-15H,1-2H3;3*1H;/p-3. The summed E-state index contributed by atoms with van der Waals surface area (Å²) in [7, 11) is 0. The van der Waals surface area contributed by atoms with Crippen LogP contribution in [0, 0.1) is 13.8 Å². The van der Waals surface area contributed by atoms with Gasteiger partial charge in [-0.2, -0.15) is 0 Å². The fourth-order valence-corrected chi connectivity index (χ4v) is 2.16. The van der Waals surface area contributed by atoms with Crippen LogP contribution in [0.3, 0.4) is 0 Å². The van der Waals surface area contributed by atoms with E-state index >= 15 is 0 Å². The SMILES string of the molecule is Cc1ccc(N=Cc2cccc(C=Nc3ccc(C)cc3)n2)cc1.[Cl-].[Cl-].[Cl-].[V]. The number of hydrogen-bond acceptors (Lipinski definition) is 3. The second-order valence-corrected chi connectivity index (χ2v) is 5.67. The molecule has 0 aliphatic heterocycles. The van der Waals surface area contributed by atoms with E-state index in [1.165, 1.54) is 11.1 Å². The first-order valence-corrected chi connectivity index (χ1v) is 7.87. The van der Waals surface area contributed by atoms with E-state index in [9.17, 15) is 0 Å². The molecule has 0 spiro atoms. The van der Waals surface area contributed by atoms with E-state index in [0.717, 1.165) is 22.8 Å². The third-order valence-electron chi connectivity index (χ3n) is 3.55. The van der Waals surface area contributed by atoms with Crippen LogP contribution in [0.1, 0.15) is 22.5 Å². The number of pyridine rings is 1. The zero-order valence-electron chi connectivity index (χ0n) is 15.4. The van der Waals surface area contributed by atoms with Crippen molar-refractivity contribution in [3.8, 4) is 0 Å². The van der Waals surface area contributed by atoms with Crippen LogP contribution in [0.15, 0.2) is 76.7 Å². The van der Waals surface area contributed by atoms with Crippen molar-refractivity contribution >= 4 is 23.8 Å². The molecule has 7 heteroatoms. The zero-order chi connectivity index (χ0) is 16.8. The molecule has 28 heavy (non-hydrogen) atoms. The molecule has 0 saturated carbocycles. The molecule has 3 nitrogen and oxygen atoms in total. The largest absolute Gasteiger partial charge is 1.00 e. The molecule has 147 valence electrons. The van der Waals surface area contributed by atoms with E-state index in [1.807, 2.05) is 66.7 Å². The Bertz CT molecular complexity index is 809. The minimum atomic E-state index is 0. The van der Waals surface area contributed by atoms with Crippen LogP contribution in [-0.4, -0.2) is 17.4 Å². The molecule has 3 aromatic rings. The Balaban J connectivity index is 0. The van der Waals surface area contributed by atoms with Gasteiger partial charge in [0, 0.05) is 18.6 Å². The van der Waals surface area contributed by atoms with Gasteiger partial charge in [-0.3, -0.25) is 9.98 Å². The zero-order valence-corrected chi connectivity index (χ0v) is 19.1. The van der Waals surface area contributed by atoms with Crippen LogP contribution in [0.2, 0.25) is 0 Å². The smallest absolute Gasteiger partial charge is 0.0820 e. The normalized spacial score (nSPS) is 9.79. The minimum absolute atomic E-state index is 0. The molecule has 1 heterocycles. The Labute approximate surface area is 196 Å². The Morgan fingerprint density at radius 3 is 1.32 bits per heavy atom. The third kappa shape index (κ3) is 9.05. The van der Waals surface area contributed by atoms with Crippen molar-refractivity contribution in [2.75, 3.05) is 0 Å². The number of hydrogen-bond donors (Lipinski definition) is 0. The van der Waals surface area contributed by atoms with E-state index in [0.29, 0.717) is 0 Å². The van der Waals surface area contributed by atoms with Crippen molar-refractivity contribution in [2.24, 2.45) is 9.98 Å². The maximum Gasteiger partial charge on any atom is 0.0820 e. The van der Waals surface area contributed by atoms with Crippen LogP contribution in [-0.2, 0) is 18.6 Å². The Kier molecular flexibility index (Phi) is 14.7. The summed E-state index contributed by atoms with van der Waals surface area (Å²) < 4.78 is 0. The fraction of sp³-hybridized carbons (Fsp3) is 0.0952. The monoisotopic (exact) mass is 469 g/mol. The number of halogens is 3. The van der Waals surface area contributed by atoms with Gasteiger partial charge in [0.1, 0.15) is 0 Å². The molecular formula is C21H19Cl3N3V-3. The predicted molar refractivity (Wildman–Crippen MR) is 101 cm³/mol. The summed E-state index contributed by atoms with van der Waals surface area (Å²) >= 11 is 0. The summed E-state index contributed by atoms with van der Waals surface area (Å²) in [5.74, 6) is 0. The molecule has 0 bridgehead atoms. The summed E-state index contributed by atoms with van der Waals surface area (Å²) in [6, 6.07) is 22.0. The second kappa shape index (κ2) is 14.4. The molecule has 0 aliphatic carbocycles. The van der Waals surface area contributed by atoms with Gasteiger partial charge < -0.3 is 37.2 Å². The number of aryl methyl sites for hydroxylation is 2. The van der Waals surface area contributed by atoms with Gasteiger partial charge in [-0.1, -0.05) is 41.5 Å². The first-order valence-electron chi connectivity index (χ1n) is 7.87. The van der Waals surface area contributed by atoms with Crippen LogP contribution >= 0.6 is 0 Å². The summed E-state index contributed by atoms with van der Waals surface area (Å²) in [6.07, 6.45) is 3.54. The summed E-state index contributed by atoms with van der Waals surface area (Å²) in [5, 5.41) is 0. The molecule has 1 radical (unpaired) electrons. The molecule has 3 rings (SSSR count). The average Bonchev–Trinajstić information content (AvgIpc) is 2.61. The molecule has 0 fully saturated rings. The third-order valence-corrected chi connectivity index (χ3v) is 3.55. The summed E-state index contributed by atoms with van der Waals surface area (Å²) in [5.41, 5.74) is 5.90. The van der Waals surface area contributed by atoms with Crippen molar-refractivity contribution < 1.29 is 55.8 Å². The first-order chi connectivity index (χ1) is 11.7. The summed E-state index contributed by atoms with van der Waals surface area (Å²) in [4.78, 5) is 13.4. The number of aromatic nitrogens is 1. The first kappa shape index (κ1) is 28.6. The van der Waals surface area contributed by atoms with Crippen LogP contribution in [0.5, 0.6) is 0 Å². The Morgan fingerprint density at radius 1 is 0.607 bits per heavy atom. The number of benzene rings is 2. The van der Waals surface area contributed by atoms with E-state index in [4.69, 9.17) is 0 Å². The number of rotatable bonds is 4. The topological polar surface area (TPSA) is 37.6 Å². The maximum absolute atomic E-state index is 4.54. The van der Waals surface area contributed by atoms with E-state index in [2.05, 4.69) is 28.8 Å². The quantitative estimate of drug-likeness (QED) is 0.361.